The first-order valence-corrected chi connectivity index (χ1v) is 8.70. The molecular weight excluding hydrogens is 336 g/mol. The van der Waals surface area contributed by atoms with Crippen LogP contribution < -0.4 is 4.74 Å². The Kier molecular flexibility index (Phi) is 5.95. The molecule has 0 amide bonds. The molecule has 0 atom stereocenters. The minimum Gasteiger partial charge on any atom is -0.497 e. The Bertz CT molecular complexity index is 940. The summed E-state index contributed by atoms with van der Waals surface area (Å²) in [5.74, 6) is 0.537. The fourth-order valence-corrected chi connectivity index (χ4v) is 2.78. The topological polar surface area (TPSA) is 43.4 Å². The fourth-order valence-electron chi connectivity index (χ4n) is 2.78. The number of benzene rings is 3. The summed E-state index contributed by atoms with van der Waals surface area (Å²) in [4.78, 5) is 25.4. The molecule has 0 saturated carbocycles. The van der Waals surface area contributed by atoms with E-state index in [1.807, 2.05) is 48.5 Å². The molecule has 0 spiro atoms. The predicted molar refractivity (Wildman–Crippen MR) is 107 cm³/mol. The summed E-state index contributed by atoms with van der Waals surface area (Å²) in [5, 5.41) is 0. The Balaban J connectivity index is 1.89. The minimum atomic E-state index is -0.114. The van der Waals surface area contributed by atoms with E-state index in [2.05, 4.69) is 0 Å². The highest BCUT2D eigenvalue weighted by atomic mass is 16.5. The van der Waals surface area contributed by atoms with Gasteiger partial charge in [-0.05, 0) is 41.5 Å². The third-order valence-corrected chi connectivity index (χ3v) is 4.27. The Morgan fingerprint density at radius 2 is 1.30 bits per heavy atom. The van der Waals surface area contributed by atoms with E-state index in [0.29, 0.717) is 22.4 Å². The highest BCUT2D eigenvalue weighted by Gasteiger charge is 2.13. The molecule has 0 aliphatic carbocycles. The van der Waals surface area contributed by atoms with Crippen LogP contribution in [0.25, 0.3) is 5.57 Å². The summed E-state index contributed by atoms with van der Waals surface area (Å²) >= 11 is 0. The highest BCUT2D eigenvalue weighted by Crippen LogP contribution is 2.22. The van der Waals surface area contributed by atoms with Crippen molar-refractivity contribution >= 4 is 17.1 Å². The molecule has 3 heteroatoms. The van der Waals surface area contributed by atoms with E-state index >= 15 is 0 Å². The normalized spacial score (nSPS) is 11.1. The van der Waals surface area contributed by atoms with Crippen LogP contribution in [0.15, 0.2) is 91.0 Å². The predicted octanol–water partition coefficient (Wildman–Crippen LogP) is 5.23. The summed E-state index contributed by atoms with van der Waals surface area (Å²) < 4.78 is 5.13. The van der Waals surface area contributed by atoms with Crippen LogP contribution in [-0.4, -0.2) is 18.7 Å². The lowest BCUT2D eigenvalue weighted by molar-refractivity contribution is 0.0998. The summed E-state index contributed by atoms with van der Waals surface area (Å²) in [6, 6.07) is 25.6. The van der Waals surface area contributed by atoms with Crippen molar-refractivity contribution in [1.82, 2.24) is 0 Å². The van der Waals surface area contributed by atoms with Gasteiger partial charge in [0, 0.05) is 17.5 Å². The molecule has 0 unspecified atom stereocenters. The van der Waals surface area contributed by atoms with Gasteiger partial charge in [-0.3, -0.25) is 9.59 Å². The van der Waals surface area contributed by atoms with Crippen molar-refractivity contribution < 1.29 is 14.3 Å². The number of carbonyl (C=O) groups is 2. The first-order valence-electron chi connectivity index (χ1n) is 8.70. The monoisotopic (exact) mass is 356 g/mol. The maximum Gasteiger partial charge on any atom is 0.186 e. The first kappa shape index (κ1) is 18.3. The maximum absolute atomic E-state index is 12.8. The molecule has 3 aromatic carbocycles. The van der Waals surface area contributed by atoms with E-state index < -0.39 is 0 Å². The van der Waals surface area contributed by atoms with Crippen LogP contribution in [0.4, 0.5) is 0 Å². The van der Waals surface area contributed by atoms with Crippen molar-refractivity contribution in [1.29, 1.82) is 0 Å². The third-order valence-electron chi connectivity index (χ3n) is 4.27. The second-order valence-corrected chi connectivity index (χ2v) is 6.09. The zero-order valence-electron chi connectivity index (χ0n) is 15.1. The summed E-state index contributed by atoms with van der Waals surface area (Å²) in [5.41, 5.74) is 2.75. The number of carbonyl (C=O) groups excluding carboxylic acids is 2. The summed E-state index contributed by atoms with van der Waals surface area (Å²) in [6.45, 7) is 0. The van der Waals surface area contributed by atoms with Gasteiger partial charge in [-0.2, -0.15) is 0 Å². The van der Waals surface area contributed by atoms with Gasteiger partial charge >= 0.3 is 0 Å². The smallest absolute Gasteiger partial charge is 0.186 e. The van der Waals surface area contributed by atoms with Gasteiger partial charge in [0.2, 0.25) is 0 Å². The number of rotatable bonds is 7. The molecule has 0 aromatic heterocycles. The molecule has 0 N–H and O–H groups in total. The maximum atomic E-state index is 12.8. The van der Waals surface area contributed by atoms with Crippen LogP contribution in [0, 0.1) is 0 Å². The fraction of sp³-hybridized carbons (Fsp3) is 0.0833. The molecule has 0 heterocycles. The zero-order chi connectivity index (χ0) is 19.1. The Morgan fingerprint density at radius 3 is 1.85 bits per heavy atom. The molecule has 3 rings (SSSR count). The van der Waals surface area contributed by atoms with E-state index in [0.717, 1.165) is 5.56 Å². The largest absolute Gasteiger partial charge is 0.497 e. The van der Waals surface area contributed by atoms with Crippen molar-refractivity contribution in [2.24, 2.45) is 0 Å². The average molecular weight is 356 g/mol. The van der Waals surface area contributed by atoms with Crippen LogP contribution in [0.2, 0.25) is 0 Å². The molecule has 0 radical (unpaired) electrons. The summed E-state index contributed by atoms with van der Waals surface area (Å²) in [6.07, 6.45) is 1.71. The lowest BCUT2D eigenvalue weighted by atomic mass is 9.95. The van der Waals surface area contributed by atoms with Crippen molar-refractivity contribution in [2.75, 3.05) is 7.11 Å². The van der Waals surface area contributed by atoms with E-state index in [-0.39, 0.29) is 18.0 Å². The lowest BCUT2D eigenvalue weighted by Gasteiger charge is -2.08. The first-order chi connectivity index (χ1) is 13.2. The van der Waals surface area contributed by atoms with Crippen LogP contribution >= 0.6 is 0 Å². The van der Waals surface area contributed by atoms with E-state index in [1.54, 1.807) is 49.6 Å². The highest BCUT2D eigenvalue weighted by molar-refractivity contribution is 6.11. The van der Waals surface area contributed by atoms with Gasteiger partial charge in [-0.15, -0.1) is 0 Å². The van der Waals surface area contributed by atoms with Crippen molar-refractivity contribution in [2.45, 2.75) is 6.42 Å². The van der Waals surface area contributed by atoms with Gasteiger partial charge < -0.3 is 4.74 Å². The van der Waals surface area contributed by atoms with Gasteiger partial charge in [-0.1, -0.05) is 60.7 Å². The van der Waals surface area contributed by atoms with Crippen molar-refractivity contribution in [3.05, 3.63) is 108 Å². The van der Waals surface area contributed by atoms with Gasteiger partial charge in [0.05, 0.1) is 7.11 Å². The number of hydrogen-bond donors (Lipinski definition) is 0. The zero-order valence-corrected chi connectivity index (χ0v) is 15.1. The Hall–Kier alpha value is -3.46. The van der Waals surface area contributed by atoms with Crippen molar-refractivity contribution in [3.8, 4) is 5.75 Å². The van der Waals surface area contributed by atoms with E-state index in [9.17, 15) is 9.59 Å². The number of Topliss-reactive ketones (excluding diaryl/α,β-unsaturated/α-hetero) is 1. The number of hydrogen-bond acceptors (Lipinski definition) is 3. The number of ether oxygens (including phenoxy) is 1. The molecule has 0 aliphatic heterocycles. The average Bonchev–Trinajstić information content (AvgIpc) is 2.74. The molecule has 0 fully saturated rings. The van der Waals surface area contributed by atoms with Gasteiger partial charge in [0.25, 0.3) is 0 Å². The van der Waals surface area contributed by atoms with Gasteiger partial charge in [-0.25, -0.2) is 0 Å². The molecule has 0 aliphatic rings. The van der Waals surface area contributed by atoms with E-state index in [1.165, 1.54) is 0 Å². The molecular formula is C24H20O3. The number of allylic oxidation sites excluding steroid dienone is 2. The second-order valence-electron chi connectivity index (χ2n) is 6.09. The van der Waals surface area contributed by atoms with Gasteiger partial charge in [0.15, 0.2) is 11.6 Å². The third kappa shape index (κ3) is 4.79. The quantitative estimate of drug-likeness (QED) is 0.430. The minimum absolute atomic E-state index is 0.0476. The molecule has 27 heavy (non-hydrogen) atoms. The molecule has 0 saturated heterocycles. The Morgan fingerprint density at radius 1 is 0.741 bits per heavy atom. The van der Waals surface area contributed by atoms with Gasteiger partial charge in [0.1, 0.15) is 5.75 Å². The Labute approximate surface area is 158 Å². The summed E-state index contributed by atoms with van der Waals surface area (Å²) in [7, 11) is 1.59. The van der Waals surface area contributed by atoms with Crippen molar-refractivity contribution in [3.63, 3.8) is 0 Å². The standard InChI is InChI=1S/C24H20O3/c1-27-22-14-12-20(13-15-22)24(26)17-21(18-8-4-2-5-9-18)16-23(25)19-10-6-3-7-11-19/h2-16H,17H2,1H3/b21-16-. The SMILES string of the molecule is COc1ccc(C(=O)C/C(=C/C(=O)c2ccccc2)c2ccccc2)cc1. The molecule has 134 valence electrons. The molecule has 0 bridgehead atoms. The molecule has 3 nitrogen and oxygen atoms in total. The number of ketones is 2. The number of methoxy groups -OCH3 is 1. The molecule has 3 aromatic rings. The van der Waals surface area contributed by atoms with Crippen LogP contribution in [-0.2, 0) is 0 Å². The van der Waals surface area contributed by atoms with E-state index in [4.69, 9.17) is 4.74 Å². The van der Waals surface area contributed by atoms with Crippen LogP contribution in [0.1, 0.15) is 32.7 Å². The van der Waals surface area contributed by atoms with Crippen LogP contribution in [0.3, 0.4) is 0 Å². The lowest BCUT2D eigenvalue weighted by Crippen LogP contribution is -2.03. The van der Waals surface area contributed by atoms with Crippen LogP contribution in [0.5, 0.6) is 5.75 Å². The second kappa shape index (κ2) is 8.77.